The molecule has 0 spiro atoms. The molecule has 3 saturated heterocycles. The number of amides is 1. The highest BCUT2D eigenvalue weighted by Crippen LogP contribution is 2.46. The highest BCUT2D eigenvalue weighted by Gasteiger charge is 2.49. The number of nitrogens with zero attached hydrogens (tertiary/aromatic N) is 3. The number of rotatable bonds is 6. The van der Waals surface area contributed by atoms with Crippen LogP contribution in [0, 0.1) is 24.7 Å². The summed E-state index contributed by atoms with van der Waals surface area (Å²) in [6.45, 7) is 6.78. The van der Waals surface area contributed by atoms with Gasteiger partial charge in [0.05, 0.1) is 12.6 Å². The first-order valence-corrected chi connectivity index (χ1v) is 11.4. The molecule has 0 saturated carbocycles. The van der Waals surface area contributed by atoms with Crippen LogP contribution in [-0.2, 0) is 9.59 Å². The lowest BCUT2D eigenvalue weighted by Gasteiger charge is -2.32. The quantitative estimate of drug-likeness (QED) is 0.777. The zero-order chi connectivity index (χ0) is 21.3. The first-order chi connectivity index (χ1) is 14.4. The van der Waals surface area contributed by atoms with Crippen molar-refractivity contribution in [2.75, 3.05) is 46.3 Å². The average molecular weight is 414 g/mol. The van der Waals surface area contributed by atoms with Crippen LogP contribution in [0.3, 0.4) is 0 Å². The molecule has 3 atom stereocenters. The number of likely N-dealkylation sites (tertiary alicyclic amines) is 3. The minimum Gasteiger partial charge on any atom is -0.480 e. The average Bonchev–Trinajstić information content (AvgIpc) is 3.24. The summed E-state index contributed by atoms with van der Waals surface area (Å²) in [5, 5.41) is 9.21. The molecule has 4 rings (SSSR count). The Labute approximate surface area is 179 Å². The second-order valence-electron chi connectivity index (χ2n) is 9.64. The Morgan fingerprint density at radius 1 is 1.10 bits per heavy atom. The lowest BCUT2D eigenvalue weighted by atomic mass is 9.87. The number of carboxylic acid groups (broad SMARTS) is 1. The first kappa shape index (κ1) is 21.3. The molecule has 1 amide bonds. The van der Waals surface area contributed by atoms with E-state index in [-0.39, 0.29) is 18.5 Å². The monoisotopic (exact) mass is 413 g/mol. The number of carbonyl (C=O) groups is 2. The number of carboxylic acids is 1. The van der Waals surface area contributed by atoms with Crippen LogP contribution in [0.15, 0.2) is 24.3 Å². The van der Waals surface area contributed by atoms with Crippen molar-refractivity contribution in [1.82, 2.24) is 14.7 Å². The lowest BCUT2D eigenvalue weighted by Crippen LogP contribution is -2.37. The van der Waals surface area contributed by atoms with Gasteiger partial charge in [0.1, 0.15) is 0 Å². The molecule has 164 valence electrons. The van der Waals surface area contributed by atoms with E-state index in [4.69, 9.17) is 0 Å². The molecule has 6 heteroatoms. The van der Waals surface area contributed by atoms with E-state index in [2.05, 4.69) is 42.0 Å². The van der Waals surface area contributed by atoms with E-state index in [1.807, 2.05) is 11.0 Å². The van der Waals surface area contributed by atoms with Crippen LogP contribution in [0.2, 0.25) is 0 Å². The van der Waals surface area contributed by atoms with Gasteiger partial charge in [0.25, 0.3) is 0 Å². The normalized spacial score (nSPS) is 28.1. The topological polar surface area (TPSA) is 64.1 Å². The number of hydrogen-bond donors (Lipinski definition) is 1. The molecule has 3 fully saturated rings. The smallest absolute Gasteiger partial charge is 0.317 e. The molecule has 0 aliphatic carbocycles. The zero-order valence-electron chi connectivity index (χ0n) is 18.3. The molecule has 1 aromatic rings. The van der Waals surface area contributed by atoms with E-state index in [1.54, 1.807) is 0 Å². The minimum atomic E-state index is -0.770. The van der Waals surface area contributed by atoms with E-state index >= 15 is 0 Å². The van der Waals surface area contributed by atoms with Crippen LogP contribution in [0.4, 0.5) is 0 Å². The van der Waals surface area contributed by atoms with Crippen molar-refractivity contribution >= 4 is 11.9 Å². The lowest BCUT2D eigenvalue weighted by molar-refractivity contribution is -0.138. The fraction of sp³-hybridized carbons (Fsp3) is 0.667. The number of fused-ring (bicyclic) bond motifs is 1. The number of piperidine rings is 1. The highest BCUT2D eigenvalue weighted by molar-refractivity contribution is 5.77. The summed E-state index contributed by atoms with van der Waals surface area (Å²) >= 11 is 0. The van der Waals surface area contributed by atoms with Gasteiger partial charge in [-0.1, -0.05) is 24.3 Å². The molecule has 0 unspecified atom stereocenters. The number of hydrogen-bond acceptors (Lipinski definition) is 4. The van der Waals surface area contributed by atoms with Crippen LogP contribution in [0.5, 0.6) is 0 Å². The maximum atomic E-state index is 13.3. The third kappa shape index (κ3) is 4.54. The number of aliphatic carboxylic acids is 1. The van der Waals surface area contributed by atoms with Crippen molar-refractivity contribution in [1.29, 1.82) is 0 Å². The number of aryl methyl sites for hydroxylation is 1. The number of carbonyl (C=O) groups excluding carboxylic acids is 1. The van der Waals surface area contributed by atoms with Crippen molar-refractivity contribution in [3.63, 3.8) is 0 Å². The largest absolute Gasteiger partial charge is 0.480 e. The fourth-order valence-electron chi connectivity index (χ4n) is 5.85. The van der Waals surface area contributed by atoms with Gasteiger partial charge >= 0.3 is 5.97 Å². The second-order valence-corrected chi connectivity index (χ2v) is 9.64. The van der Waals surface area contributed by atoms with Crippen LogP contribution in [0.1, 0.15) is 42.9 Å². The van der Waals surface area contributed by atoms with Crippen molar-refractivity contribution in [2.24, 2.45) is 17.8 Å². The standard InChI is InChI=1S/C24H35N3O3/c1-17-5-3-4-6-20(17)24-21-15-26(16-23(29)30)13-19(21)14-27(24)22(28)8-7-18-9-11-25(2)12-10-18/h3-6,18-19,21,24H,7-16H2,1-2H3,(H,29,30)/t19-,21-,24-/m0/s1. The first-order valence-electron chi connectivity index (χ1n) is 11.4. The molecule has 3 aliphatic rings. The summed E-state index contributed by atoms with van der Waals surface area (Å²) in [7, 11) is 2.17. The summed E-state index contributed by atoms with van der Waals surface area (Å²) in [4.78, 5) is 31.1. The Bertz CT molecular complexity index is 775. The Hall–Kier alpha value is -1.92. The molecular formula is C24H35N3O3. The second kappa shape index (κ2) is 9.06. The van der Waals surface area contributed by atoms with Gasteiger partial charge in [-0.2, -0.15) is 0 Å². The van der Waals surface area contributed by atoms with E-state index in [0.29, 0.717) is 24.2 Å². The molecule has 30 heavy (non-hydrogen) atoms. The van der Waals surface area contributed by atoms with Crippen LogP contribution in [-0.4, -0.2) is 78.0 Å². The molecule has 1 aromatic carbocycles. The van der Waals surface area contributed by atoms with Gasteiger partial charge in [-0.15, -0.1) is 0 Å². The van der Waals surface area contributed by atoms with Gasteiger partial charge < -0.3 is 14.9 Å². The van der Waals surface area contributed by atoms with E-state index in [1.165, 1.54) is 24.0 Å². The van der Waals surface area contributed by atoms with Crippen molar-refractivity contribution in [3.8, 4) is 0 Å². The van der Waals surface area contributed by atoms with E-state index in [0.717, 1.165) is 39.1 Å². The van der Waals surface area contributed by atoms with Gasteiger partial charge in [0.2, 0.25) is 5.91 Å². The summed E-state index contributed by atoms with van der Waals surface area (Å²) < 4.78 is 0. The molecule has 0 radical (unpaired) electrons. The molecule has 3 aliphatic heterocycles. The molecule has 0 bridgehead atoms. The molecule has 3 heterocycles. The summed E-state index contributed by atoms with van der Waals surface area (Å²) in [6, 6.07) is 8.44. The van der Waals surface area contributed by atoms with Crippen molar-refractivity contribution < 1.29 is 14.7 Å². The zero-order valence-corrected chi connectivity index (χ0v) is 18.3. The Morgan fingerprint density at radius 3 is 2.53 bits per heavy atom. The van der Waals surface area contributed by atoms with E-state index in [9.17, 15) is 14.7 Å². The van der Waals surface area contributed by atoms with Gasteiger partial charge in [0.15, 0.2) is 0 Å². The maximum Gasteiger partial charge on any atom is 0.317 e. The minimum absolute atomic E-state index is 0.0694. The van der Waals surface area contributed by atoms with E-state index < -0.39 is 5.97 Å². The SMILES string of the molecule is Cc1ccccc1[C@H]1[C@H]2CN(CC(=O)O)C[C@H]2CN1C(=O)CCC1CCN(C)CC1. The summed E-state index contributed by atoms with van der Waals surface area (Å²) in [6.07, 6.45) is 4.01. The highest BCUT2D eigenvalue weighted by atomic mass is 16.4. The summed E-state index contributed by atoms with van der Waals surface area (Å²) in [5.74, 6) is 0.851. The van der Waals surface area contributed by atoms with Crippen LogP contribution < -0.4 is 0 Å². The Kier molecular flexibility index (Phi) is 6.44. The predicted octanol–water partition coefficient (Wildman–Crippen LogP) is 2.63. The predicted molar refractivity (Wildman–Crippen MR) is 116 cm³/mol. The van der Waals surface area contributed by atoms with Gasteiger partial charge in [-0.3, -0.25) is 14.5 Å². The van der Waals surface area contributed by atoms with Gasteiger partial charge in [0, 0.05) is 32.0 Å². The molecule has 0 aromatic heterocycles. The third-order valence-electron chi connectivity index (χ3n) is 7.53. The molecule has 6 nitrogen and oxygen atoms in total. The van der Waals surface area contributed by atoms with Crippen LogP contribution in [0.25, 0.3) is 0 Å². The molecule has 1 N–H and O–H groups in total. The van der Waals surface area contributed by atoms with Crippen molar-refractivity contribution in [3.05, 3.63) is 35.4 Å². The Morgan fingerprint density at radius 2 is 1.83 bits per heavy atom. The van der Waals surface area contributed by atoms with Crippen LogP contribution >= 0.6 is 0 Å². The Balaban J connectivity index is 1.47. The van der Waals surface area contributed by atoms with Crippen molar-refractivity contribution in [2.45, 2.75) is 38.6 Å². The number of benzene rings is 1. The maximum absolute atomic E-state index is 13.3. The fourth-order valence-corrected chi connectivity index (χ4v) is 5.85. The third-order valence-corrected chi connectivity index (χ3v) is 7.53. The van der Waals surface area contributed by atoms with Gasteiger partial charge in [-0.25, -0.2) is 0 Å². The summed E-state index contributed by atoms with van der Waals surface area (Å²) in [5.41, 5.74) is 2.45. The van der Waals surface area contributed by atoms with Gasteiger partial charge in [-0.05, 0) is 69.3 Å². The molecular weight excluding hydrogens is 378 g/mol.